The largest absolute Gasteiger partial charge is 0.333 e. The van der Waals surface area contributed by atoms with Gasteiger partial charge in [-0.2, -0.15) is 0 Å². The Morgan fingerprint density at radius 1 is 0.929 bits per heavy atom. The van der Waals surface area contributed by atoms with E-state index in [-0.39, 0.29) is 8.07 Å². The van der Waals surface area contributed by atoms with E-state index in [9.17, 15) is 0 Å². The van der Waals surface area contributed by atoms with Gasteiger partial charge in [0.15, 0.2) is 0 Å². The van der Waals surface area contributed by atoms with Crippen molar-refractivity contribution in [3.63, 3.8) is 0 Å². The number of nitrogens with zero attached hydrogens (tertiary/aromatic N) is 1. The van der Waals surface area contributed by atoms with Crippen LogP contribution in [0.3, 0.4) is 0 Å². The van der Waals surface area contributed by atoms with Gasteiger partial charge in [0.25, 0.3) is 0 Å². The van der Waals surface area contributed by atoms with Crippen LogP contribution in [0.4, 0.5) is 0 Å². The number of hydrogen-bond donors (Lipinski definition) is 0. The molecule has 0 aliphatic rings. The van der Waals surface area contributed by atoms with Crippen molar-refractivity contribution < 1.29 is 0 Å². The van der Waals surface area contributed by atoms with E-state index in [4.69, 9.17) is 0 Å². The van der Waals surface area contributed by atoms with Gasteiger partial charge in [-0.25, -0.2) is 0 Å². The van der Waals surface area contributed by atoms with Crippen molar-refractivity contribution in [3.05, 3.63) is 24.5 Å². The topological polar surface area (TPSA) is 4.93 Å². The van der Waals surface area contributed by atoms with Crippen LogP contribution in [0.15, 0.2) is 24.5 Å². The predicted molar refractivity (Wildman–Crippen MR) is 66.3 cm³/mol. The number of hydrogen-bond acceptors (Lipinski definition) is 0. The van der Waals surface area contributed by atoms with Crippen molar-refractivity contribution in [1.29, 1.82) is 0 Å². The fourth-order valence-corrected chi connectivity index (χ4v) is 4.12. The van der Waals surface area contributed by atoms with E-state index in [1.165, 1.54) is 38.0 Å². The lowest BCUT2D eigenvalue weighted by Gasteiger charge is -2.18. The Labute approximate surface area is 89.3 Å². The summed E-state index contributed by atoms with van der Waals surface area (Å²) in [5.41, 5.74) is 0. The molecule has 0 fully saturated rings. The first-order valence-electron chi connectivity index (χ1n) is 5.76. The molecule has 0 aliphatic carbocycles. The molecule has 0 saturated heterocycles. The van der Waals surface area contributed by atoms with E-state index in [2.05, 4.69) is 42.7 Å². The molecule has 1 heterocycles. The first-order valence-corrected chi connectivity index (χ1v) is 7.43. The lowest BCUT2D eigenvalue weighted by molar-refractivity contribution is 0.860. The van der Waals surface area contributed by atoms with E-state index in [1.807, 2.05) is 0 Å². The average Bonchev–Trinajstić information content (AvgIpc) is 2.71. The summed E-state index contributed by atoms with van der Waals surface area (Å²) in [6.45, 7) is 4.56. The minimum atomic E-state index is 0.0862. The Balaban J connectivity index is 2.44. The van der Waals surface area contributed by atoms with Crippen molar-refractivity contribution in [2.45, 2.75) is 39.5 Å². The number of rotatable bonds is 7. The Hall–Kier alpha value is -0.290. The molecule has 0 atom stereocenters. The molecule has 1 aromatic rings. The van der Waals surface area contributed by atoms with Crippen LogP contribution in [0.2, 0.25) is 0 Å². The molecular weight excluding hydrogens is 189 g/mol. The Morgan fingerprint density at radius 2 is 1.43 bits per heavy atom. The third-order valence-corrected chi connectivity index (χ3v) is 5.04. The molecule has 1 nitrogen and oxygen atoms in total. The summed E-state index contributed by atoms with van der Waals surface area (Å²) in [4.78, 5) is 0. The standard InChI is InChI=1S/C12H22NP/c1-3-5-11-14(12-6-4-2)13-9-7-8-10-13/h7-10H,3-6,11-12H2,1-2H3. The Morgan fingerprint density at radius 3 is 1.86 bits per heavy atom. The maximum Gasteiger partial charge on any atom is 0.00737 e. The van der Waals surface area contributed by atoms with Gasteiger partial charge in [-0.3, -0.25) is 0 Å². The van der Waals surface area contributed by atoms with Crippen LogP contribution in [0.5, 0.6) is 0 Å². The predicted octanol–water partition coefficient (Wildman–Crippen LogP) is 4.33. The first-order chi connectivity index (χ1) is 6.88. The van der Waals surface area contributed by atoms with Crippen molar-refractivity contribution in [3.8, 4) is 0 Å². The molecule has 80 valence electrons. The molecule has 0 saturated carbocycles. The fourth-order valence-electron chi connectivity index (χ4n) is 1.54. The zero-order valence-electron chi connectivity index (χ0n) is 9.45. The molecular formula is C12H22NP. The minimum Gasteiger partial charge on any atom is -0.333 e. The molecule has 0 aliphatic heterocycles. The first kappa shape index (κ1) is 11.8. The van der Waals surface area contributed by atoms with Gasteiger partial charge in [-0.1, -0.05) is 26.7 Å². The molecule has 1 rings (SSSR count). The van der Waals surface area contributed by atoms with Gasteiger partial charge in [-0.15, -0.1) is 0 Å². The monoisotopic (exact) mass is 211 g/mol. The highest BCUT2D eigenvalue weighted by atomic mass is 31.1. The SMILES string of the molecule is CCCCP(CCCC)n1cccc1. The van der Waals surface area contributed by atoms with Crippen LogP contribution in [-0.2, 0) is 0 Å². The fraction of sp³-hybridized carbons (Fsp3) is 0.667. The summed E-state index contributed by atoms with van der Waals surface area (Å²) in [5.74, 6) is 0. The van der Waals surface area contributed by atoms with Crippen molar-refractivity contribution >= 4 is 8.07 Å². The second kappa shape index (κ2) is 7.06. The molecule has 0 bridgehead atoms. The Kier molecular flexibility index (Phi) is 5.94. The van der Waals surface area contributed by atoms with Crippen LogP contribution >= 0.6 is 8.07 Å². The van der Waals surface area contributed by atoms with Crippen LogP contribution < -0.4 is 0 Å². The number of aromatic nitrogens is 1. The van der Waals surface area contributed by atoms with Crippen molar-refractivity contribution in [2.75, 3.05) is 12.3 Å². The lowest BCUT2D eigenvalue weighted by Crippen LogP contribution is -1.98. The summed E-state index contributed by atoms with van der Waals surface area (Å²) in [6, 6.07) is 4.29. The van der Waals surface area contributed by atoms with Crippen LogP contribution in [0, 0.1) is 0 Å². The molecule has 0 N–H and O–H groups in total. The lowest BCUT2D eigenvalue weighted by atomic mass is 10.4. The molecule has 0 spiro atoms. The second-order valence-electron chi connectivity index (χ2n) is 3.72. The van der Waals surface area contributed by atoms with E-state index in [0.29, 0.717) is 0 Å². The van der Waals surface area contributed by atoms with Gasteiger partial charge < -0.3 is 4.34 Å². The van der Waals surface area contributed by atoms with Crippen molar-refractivity contribution in [2.24, 2.45) is 0 Å². The van der Waals surface area contributed by atoms with Gasteiger partial charge in [0.2, 0.25) is 0 Å². The molecule has 0 amide bonds. The minimum absolute atomic E-state index is 0.0862. The third kappa shape index (κ3) is 3.84. The molecule has 1 aromatic heterocycles. The van der Waals surface area contributed by atoms with Gasteiger partial charge in [0.05, 0.1) is 0 Å². The van der Waals surface area contributed by atoms with E-state index >= 15 is 0 Å². The van der Waals surface area contributed by atoms with E-state index in [1.54, 1.807) is 0 Å². The highest BCUT2D eigenvalue weighted by Crippen LogP contribution is 2.39. The highest BCUT2D eigenvalue weighted by molar-refractivity contribution is 7.56. The van der Waals surface area contributed by atoms with Gasteiger partial charge in [0, 0.05) is 12.4 Å². The summed E-state index contributed by atoms with van der Waals surface area (Å²) >= 11 is 0. The maximum absolute atomic E-state index is 2.45. The third-order valence-electron chi connectivity index (χ3n) is 2.45. The van der Waals surface area contributed by atoms with Crippen LogP contribution in [0.25, 0.3) is 0 Å². The molecule has 0 radical (unpaired) electrons. The summed E-state index contributed by atoms with van der Waals surface area (Å²) in [5, 5.41) is 0. The maximum atomic E-state index is 2.45. The summed E-state index contributed by atoms with van der Waals surface area (Å²) in [7, 11) is 0.0862. The normalized spacial score (nSPS) is 11.1. The van der Waals surface area contributed by atoms with E-state index < -0.39 is 0 Å². The smallest absolute Gasteiger partial charge is 0.00737 e. The van der Waals surface area contributed by atoms with Gasteiger partial charge in [0.1, 0.15) is 0 Å². The summed E-state index contributed by atoms with van der Waals surface area (Å²) < 4.78 is 2.45. The average molecular weight is 211 g/mol. The quantitative estimate of drug-likeness (QED) is 0.591. The second-order valence-corrected chi connectivity index (χ2v) is 6.09. The zero-order chi connectivity index (χ0) is 10.2. The zero-order valence-corrected chi connectivity index (χ0v) is 10.3. The molecule has 14 heavy (non-hydrogen) atoms. The molecule has 0 unspecified atom stereocenters. The summed E-state index contributed by atoms with van der Waals surface area (Å²) in [6.07, 6.45) is 12.7. The van der Waals surface area contributed by atoms with E-state index in [0.717, 1.165) is 0 Å². The van der Waals surface area contributed by atoms with Gasteiger partial charge in [-0.05, 0) is 45.4 Å². The number of unbranched alkanes of at least 4 members (excludes halogenated alkanes) is 2. The molecule has 0 aromatic carbocycles. The molecule has 2 heteroatoms. The Bertz CT molecular complexity index is 210. The van der Waals surface area contributed by atoms with Crippen molar-refractivity contribution in [1.82, 2.24) is 4.34 Å². The highest BCUT2D eigenvalue weighted by Gasteiger charge is 2.07. The van der Waals surface area contributed by atoms with Crippen LogP contribution in [-0.4, -0.2) is 16.7 Å². The van der Waals surface area contributed by atoms with Gasteiger partial charge >= 0.3 is 0 Å². The van der Waals surface area contributed by atoms with Crippen LogP contribution in [0.1, 0.15) is 39.5 Å².